The Morgan fingerprint density at radius 1 is 1.61 bits per heavy atom. The normalized spacial score (nSPS) is 20.4. The molecule has 0 aliphatic carbocycles. The monoisotopic (exact) mass is 251 g/mol. The summed E-state index contributed by atoms with van der Waals surface area (Å²) in [6.07, 6.45) is 1.41. The van der Waals surface area contributed by atoms with Gasteiger partial charge in [0.1, 0.15) is 5.75 Å². The first-order chi connectivity index (χ1) is 8.70. The number of methoxy groups -OCH3 is 1. The Morgan fingerprint density at radius 3 is 3.06 bits per heavy atom. The van der Waals surface area contributed by atoms with E-state index < -0.39 is 12.0 Å². The maximum atomic E-state index is 11.3. The number of carboxylic acids is 1. The molecule has 1 aromatic rings. The van der Waals surface area contributed by atoms with E-state index in [1.54, 1.807) is 13.2 Å². The molecule has 1 saturated heterocycles. The van der Waals surface area contributed by atoms with E-state index in [2.05, 4.69) is 5.32 Å². The van der Waals surface area contributed by atoms with Crippen molar-refractivity contribution in [2.75, 3.05) is 19.0 Å². The molecule has 1 heterocycles. The highest BCUT2D eigenvalue weighted by molar-refractivity contribution is 5.78. The summed E-state index contributed by atoms with van der Waals surface area (Å²) in [5.74, 6) is -0.207. The van der Waals surface area contributed by atoms with Crippen molar-refractivity contribution in [3.8, 4) is 5.75 Å². The van der Waals surface area contributed by atoms with Gasteiger partial charge in [-0.3, -0.25) is 0 Å². The summed E-state index contributed by atoms with van der Waals surface area (Å²) in [4.78, 5) is 11.3. The highest BCUT2D eigenvalue weighted by Crippen LogP contribution is 2.22. The molecule has 0 spiro atoms. The smallest absolute Gasteiger partial charge is 0.328 e. The molecule has 0 amide bonds. The van der Waals surface area contributed by atoms with Crippen LogP contribution in [0.1, 0.15) is 12.8 Å². The van der Waals surface area contributed by atoms with Crippen LogP contribution in [0.3, 0.4) is 0 Å². The molecule has 5 heteroatoms. The standard InChI is InChI=1S/C13H17NO4/c1-17-10-5-2-4-9(8-10)14-12(13(15)16)11-6-3-7-18-11/h2,4-5,8,11-12,14H,3,6-7H2,1H3,(H,15,16). The minimum Gasteiger partial charge on any atom is -0.497 e. The summed E-state index contributed by atoms with van der Waals surface area (Å²) in [6.45, 7) is 0.633. The van der Waals surface area contributed by atoms with Crippen molar-refractivity contribution in [3.05, 3.63) is 24.3 Å². The van der Waals surface area contributed by atoms with Crippen LogP contribution in [0.2, 0.25) is 0 Å². The highest BCUT2D eigenvalue weighted by Gasteiger charge is 2.31. The highest BCUT2D eigenvalue weighted by atomic mass is 16.5. The molecule has 1 aliphatic heterocycles. The zero-order valence-corrected chi connectivity index (χ0v) is 10.3. The van der Waals surface area contributed by atoms with Crippen LogP contribution in [0.4, 0.5) is 5.69 Å². The first-order valence-corrected chi connectivity index (χ1v) is 5.95. The average Bonchev–Trinajstić information content (AvgIpc) is 2.89. The van der Waals surface area contributed by atoms with E-state index in [-0.39, 0.29) is 6.10 Å². The number of rotatable bonds is 5. The lowest BCUT2D eigenvalue weighted by Gasteiger charge is -2.21. The number of anilines is 1. The van der Waals surface area contributed by atoms with Gasteiger partial charge in [-0.05, 0) is 25.0 Å². The fourth-order valence-electron chi connectivity index (χ4n) is 2.07. The van der Waals surface area contributed by atoms with Crippen molar-refractivity contribution in [2.45, 2.75) is 25.0 Å². The van der Waals surface area contributed by atoms with E-state index in [4.69, 9.17) is 9.47 Å². The molecule has 2 unspecified atom stereocenters. The second-order valence-corrected chi connectivity index (χ2v) is 4.24. The molecule has 0 aromatic heterocycles. The lowest BCUT2D eigenvalue weighted by molar-refractivity contribution is -0.140. The first-order valence-electron chi connectivity index (χ1n) is 5.95. The SMILES string of the molecule is COc1cccc(NC(C(=O)O)C2CCCO2)c1. The third-order valence-corrected chi connectivity index (χ3v) is 2.99. The van der Waals surface area contributed by atoms with Crippen molar-refractivity contribution in [3.63, 3.8) is 0 Å². The van der Waals surface area contributed by atoms with Gasteiger partial charge in [-0.15, -0.1) is 0 Å². The van der Waals surface area contributed by atoms with E-state index >= 15 is 0 Å². The summed E-state index contributed by atoms with van der Waals surface area (Å²) < 4.78 is 10.5. The van der Waals surface area contributed by atoms with Crippen LogP contribution in [0.5, 0.6) is 5.75 Å². The maximum absolute atomic E-state index is 11.3. The molecule has 2 N–H and O–H groups in total. The number of carboxylic acid groups (broad SMARTS) is 1. The molecule has 5 nitrogen and oxygen atoms in total. The molecule has 0 radical (unpaired) electrons. The van der Waals surface area contributed by atoms with Gasteiger partial charge >= 0.3 is 5.97 Å². The second kappa shape index (κ2) is 5.73. The van der Waals surface area contributed by atoms with E-state index in [0.29, 0.717) is 12.4 Å². The van der Waals surface area contributed by atoms with Gasteiger partial charge in [-0.1, -0.05) is 6.07 Å². The van der Waals surface area contributed by atoms with Crippen molar-refractivity contribution in [2.24, 2.45) is 0 Å². The summed E-state index contributed by atoms with van der Waals surface area (Å²) in [6, 6.07) is 6.49. The van der Waals surface area contributed by atoms with Crippen molar-refractivity contribution in [1.29, 1.82) is 0 Å². The first kappa shape index (κ1) is 12.7. The number of hydrogen-bond acceptors (Lipinski definition) is 4. The minimum atomic E-state index is -0.898. The second-order valence-electron chi connectivity index (χ2n) is 4.24. The molecule has 2 rings (SSSR count). The van der Waals surface area contributed by atoms with Gasteiger partial charge in [0.15, 0.2) is 6.04 Å². The number of benzene rings is 1. The average molecular weight is 251 g/mol. The Balaban J connectivity index is 2.10. The summed E-state index contributed by atoms with van der Waals surface area (Å²) >= 11 is 0. The lowest BCUT2D eigenvalue weighted by Crippen LogP contribution is -2.40. The zero-order chi connectivity index (χ0) is 13.0. The molecule has 0 saturated carbocycles. The van der Waals surface area contributed by atoms with Crippen LogP contribution >= 0.6 is 0 Å². The molecule has 2 atom stereocenters. The third kappa shape index (κ3) is 2.92. The molecular weight excluding hydrogens is 234 g/mol. The molecule has 1 fully saturated rings. The Morgan fingerprint density at radius 2 is 2.44 bits per heavy atom. The molecule has 98 valence electrons. The van der Waals surface area contributed by atoms with Gasteiger partial charge in [0.25, 0.3) is 0 Å². The van der Waals surface area contributed by atoms with Crippen LogP contribution in [0.15, 0.2) is 24.3 Å². The summed E-state index contributed by atoms with van der Waals surface area (Å²) in [5, 5.41) is 12.2. The number of ether oxygens (including phenoxy) is 2. The predicted molar refractivity (Wildman–Crippen MR) is 67.0 cm³/mol. The summed E-state index contributed by atoms with van der Waals surface area (Å²) in [5.41, 5.74) is 0.720. The number of aliphatic carboxylic acids is 1. The van der Waals surface area contributed by atoms with E-state index in [0.717, 1.165) is 18.5 Å². The fraction of sp³-hybridized carbons (Fsp3) is 0.462. The Kier molecular flexibility index (Phi) is 4.04. The Bertz CT molecular complexity index is 415. The largest absolute Gasteiger partial charge is 0.497 e. The van der Waals surface area contributed by atoms with Crippen LogP contribution in [0, 0.1) is 0 Å². The fourth-order valence-corrected chi connectivity index (χ4v) is 2.07. The van der Waals surface area contributed by atoms with E-state index in [1.165, 1.54) is 0 Å². The maximum Gasteiger partial charge on any atom is 0.328 e. The van der Waals surface area contributed by atoms with Crippen molar-refractivity contribution >= 4 is 11.7 Å². The van der Waals surface area contributed by atoms with Gasteiger partial charge in [-0.2, -0.15) is 0 Å². The minimum absolute atomic E-state index is 0.270. The number of carbonyl (C=O) groups is 1. The molecule has 0 bridgehead atoms. The van der Waals surface area contributed by atoms with Crippen LogP contribution in [-0.2, 0) is 9.53 Å². The summed E-state index contributed by atoms with van der Waals surface area (Å²) in [7, 11) is 1.58. The van der Waals surface area contributed by atoms with Gasteiger partial charge in [0, 0.05) is 18.4 Å². The quantitative estimate of drug-likeness (QED) is 0.834. The molecular formula is C13H17NO4. The Hall–Kier alpha value is -1.75. The third-order valence-electron chi connectivity index (χ3n) is 2.99. The van der Waals surface area contributed by atoms with Gasteiger partial charge in [0.05, 0.1) is 13.2 Å². The van der Waals surface area contributed by atoms with E-state index in [9.17, 15) is 9.90 Å². The predicted octanol–water partition coefficient (Wildman–Crippen LogP) is 1.74. The molecule has 1 aliphatic rings. The van der Waals surface area contributed by atoms with Crippen LogP contribution < -0.4 is 10.1 Å². The van der Waals surface area contributed by atoms with Crippen LogP contribution in [0.25, 0.3) is 0 Å². The van der Waals surface area contributed by atoms with Gasteiger partial charge < -0.3 is 19.9 Å². The zero-order valence-electron chi connectivity index (χ0n) is 10.3. The van der Waals surface area contributed by atoms with E-state index in [1.807, 2.05) is 18.2 Å². The van der Waals surface area contributed by atoms with Crippen LogP contribution in [-0.4, -0.2) is 36.9 Å². The van der Waals surface area contributed by atoms with Crippen molar-refractivity contribution in [1.82, 2.24) is 0 Å². The number of nitrogens with one attached hydrogen (secondary N) is 1. The van der Waals surface area contributed by atoms with Crippen molar-refractivity contribution < 1.29 is 19.4 Å². The number of hydrogen-bond donors (Lipinski definition) is 2. The van der Waals surface area contributed by atoms with Gasteiger partial charge in [-0.25, -0.2) is 4.79 Å². The Labute approximate surface area is 106 Å². The molecule has 18 heavy (non-hydrogen) atoms. The lowest BCUT2D eigenvalue weighted by atomic mass is 10.1. The topological polar surface area (TPSA) is 67.8 Å². The molecule has 1 aromatic carbocycles. The van der Waals surface area contributed by atoms with Gasteiger partial charge in [0.2, 0.25) is 0 Å².